The molecule has 0 saturated heterocycles. The van der Waals surface area contributed by atoms with Gasteiger partial charge in [-0.05, 0) is 23.1 Å². The minimum atomic E-state index is -1.09. The van der Waals surface area contributed by atoms with Gasteiger partial charge < -0.3 is 10.4 Å². The van der Waals surface area contributed by atoms with Gasteiger partial charge in [-0.2, -0.15) is 0 Å². The quantitative estimate of drug-likeness (QED) is 0.831. The molecule has 2 N–H and O–H groups in total. The summed E-state index contributed by atoms with van der Waals surface area (Å²) in [4.78, 5) is 23.9. The molecule has 0 radical (unpaired) electrons. The van der Waals surface area contributed by atoms with Gasteiger partial charge in [-0.25, -0.2) is 4.79 Å². The van der Waals surface area contributed by atoms with Crippen LogP contribution in [0.25, 0.3) is 6.08 Å². The maximum absolute atomic E-state index is 11.8. The van der Waals surface area contributed by atoms with Gasteiger partial charge in [0.2, 0.25) is 5.91 Å². The normalized spacial score (nSPS) is 12.2. The lowest BCUT2D eigenvalue weighted by molar-refractivity contribution is -0.141. The van der Waals surface area contributed by atoms with Crippen LogP contribution in [0.2, 0.25) is 0 Å². The maximum Gasteiger partial charge on any atom is 0.330 e. The molecule has 2 aromatic rings. The molecule has 0 saturated carbocycles. The van der Waals surface area contributed by atoms with E-state index in [1.165, 1.54) is 17.4 Å². The molecule has 0 fully saturated rings. The van der Waals surface area contributed by atoms with Gasteiger partial charge in [-0.3, -0.25) is 4.79 Å². The van der Waals surface area contributed by atoms with Crippen LogP contribution in [0.4, 0.5) is 0 Å². The highest BCUT2D eigenvalue weighted by molar-refractivity contribution is 7.10. The molecule has 1 aromatic heterocycles. The molecule has 1 amide bonds. The van der Waals surface area contributed by atoms with Crippen LogP contribution in [0.1, 0.15) is 16.5 Å². The topological polar surface area (TPSA) is 66.4 Å². The number of carbonyl (C=O) groups is 2. The van der Waals surface area contributed by atoms with E-state index >= 15 is 0 Å². The monoisotopic (exact) mass is 287 g/mol. The van der Waals surface area contributed by atoms with E-state index in [2.05, 4.69) is 5.32 Å². The first-order valence-corrected chi connectivity index (χ1v) is 6.84. The molecular formula is C15H13NO3S. The molecule has 0 spiro atoms. The summed E-state index contributed by atoms with van der Waals surface area (Å²) in [6.07, 6.45) is 2.99. The Labute approximate surface area is 120 Å². The van der Waals surface area contributed by atoms with Gasteiger partial charge in [-0.1, -0.05) is 36.4 Å². The first-order chi connectivity index (χ1) is 9.66. The molecule has 0 aliphatic heterocycles. The summed E-state index contributed by atoms with van der Waals surface area (Å²) < 4.78 is 0. The second kappa shape index (κ2) is 6.68. The second-order valence-corrected chi connectivity index (χ2v) is 5.02. The highest BCUT2D eigenvalue weighted by Crippen LogP contribution is 2.13. The van der Waals surface area contributed by atoms with E-state index < -0.39 is 17.9 Å². The smallest absolute Gasteiger partial charge is 0.330 e. The van der Waals surface area contributed by atoms with Crippen LogP contribution in [0.3, 0.4) is 0 Å². The van der Waals surface area contributed by atoms with Crippen molar-refractivity contribution in [1.29, 1.82) is 0 Å². The number of aliphatic carboxylic acids is 1. The summed E-state index contributed by atoms with van der Waals surface area (Å²) in [7, 11) is 0. The van der Waals surface area contributed by atoms with Crippen LogP contribution in [0.15, 0.2) is 53.9 Å². The minimum absolute atomic E-state index is 0.436. The molecule has 2 rings (SSSR count). The fraction of sp³-hybridized carbons (Fsp3) is 0.0667. The van der Waals surface area contributed by atoms with Crippen molar-refractivity contribution in [1.82, 2.24) is 5.32 Å². The molecular weight excluding hydrogens is 274 g/mol. The maximum atomic E-state index is 11.8. The molecule has 1 aromatic carbocycles. The van der Waals surface area contributed by atoms with E-state index in [9.17, 15) is 14.7 Å². The average Bonchev–Trinajstić information content (AvgIpc) is 2.96. The van der Waals surface area contributed by atoms with Crippen LogP contribution in [0.5, 0.6) is 0 Å². The van der Waals surface area contributed by atoms with Crippen molar-refractivity contribution in [2.45, 2.75) is 6.04 Å². The van der Waals surface area contributed by atoms with Gasteiger partial charge in [0, 0.05) is 11.0 Å². The van der Waals surface area contributed by atoms with Crippen molar-refractivity contribution >= 4 is 29.3 Å². The number of carboxylic acid groups (broad SMARTS) is 1. The van der Waals surface area contributed by atoms with Crippen LogP contribution < -0.4 is 5.32 Å². The van der Waals surface area contributed by atoms with Gasteiger partial charge in [0.05, 0.1) is 0 Å². The van der Waals surface area contributed by atoms with Crippen LogP contribution in [0, 0.1) is 0 Å². The third-order valence-corrected chi connectivity index (χ3v) is 3.45. The van der Waals surface area contributed by atoms with Gasteiger partial charge in [0.15, 0.2) is 6.04 Å². The molecule has 1 atom stereocenters. The number of carbonyl (C=O) groups excluding carboxylic acids is 1. The predicted octanol–water partition coefficient (Wildman–Crippen LogP) is 2.70. The minimum Gasteiger partial charge on any atom is -0.479 e. The molecule has 102 valence electrons. The molecule has 0 bridgehead atoms. The number of carboxylic acids is 1. The molecule has 5 heteroatoms. The van der Waals surface area contributed by atoms with E-state index in [0.29, 0.717) is 5.56 Å². The van der Waals surface area contributed by atoms with E-state index in [-0.39, 0.29) is 0 Å². The SMILES string of the molecule is O=C(/C=C/c1cccs1)NC(C(=O)O)c1ccccc1. The van der Waals surface area contributed by atoms with Gasteiger partial charge in [-0.15, -0.1) is 11.3 Å². The zero-order valence-corrected chi connectivity index (χ0v) is 11.3. The largest absolute Gasteiger partial charge is 0.479 e. The predicted molar refractivity (Wildman–Crippen MR) is 78.3 cm³/mol. The summed E-state index contributed by atoms with van der Waals surface area (Å²) >= 11 is 1.50. The Kier molecular flexibility index (Phi) is 4.68. The van der Waals surface area contributed by atoms with Crippen molar-refractivity contribution in [3.8, 4) is 0 Å². The summed E-state index contributed by atoms with van der Waals surface area (Å²) in [5, 5.41) is 13.6. The second-order valence-electron chi connectivity index (χ2n) is 4.04. The summed E-state index contributed by atoms with van der Waals surface area (Å²) in [6, 6.07) is 11.3. The molecule has 1 heterocycles. The van der Waals surface area contributed by atoms with Gasteiger partial charge >= 0.3 is 5.97 Å². The zero-order chi connectivity index (χ0) is 14.4. The third-order valence-electron chi connectivity index (χ3n) is 2.61. The Morgan fingerprint density at radius 1 is 1.15 bits per heavy atom. The number of hydrogen-bond donors (Lipinski definition) is 2. The van der Waals surface area contributed by atoms with Crippen molar-refractivity contribution in [3.05, 3.63) is 64.4 Å². The van der Waals surface area contributed by atoms with Crippen LogP contribution >= 0.6 is 11.3 Å². The Morgan fingerprint density at radius 3 is 2.50 bits per heavy atom. The summed E-state index contributed by atoms with van der Waals surface area (Å²) in [5.74, 6) is -1.52. The van der Waals surface area contributed by atoms with E-state index in [1.807, 2.05) is 17.5 Å². The van der Waals surface area contributed by atoms with Crippen molar-refractivity contribution in [2.75, 3.05) is 0 Å². The summed E-state index contributed by atoms with van der Waals surface area (Å²) in [5.41, 5.74) is 0.540. The highest BCUT2D eigenvalue weighted by Gasteiger charge is 2.20. The van der Waals surface area contributed by atoms with Gasteiger partial charge in [0.1, 0.15) is 0 Å². The lowest BCUT2D eigenvalue weighted by atomic mass is 10.1. The molecule has 4 nitrogen and oxygen atoms in total. The standard InChI is InChI=1S/C15H13NO3S/c17-13(9-8-12-7-4-10-20-12)16-14(15(18)19)11-5-2-1-3-6-11/h1-10,14H,(H,16,17)(H,18,19)/b9-8+. The number of hydrogen-bond acceptors (Lipinski definition) is 3. The van der Waals surface area contributed by atoms with E-state index in [4.69, 9.17) is 0 Å². The van der Waals surface area contributed by atoms with Crippen LogP contribution in [-0.2, 0) is 9.59 Å². The Hall–Kier alpha value is -2.40. The van der Waals surface area contributed by atoms with Crippen LogP contribution in [-0.4, -0.2) is 17.0 Å². The fourth-order valence-corrected chi connectivity index (χ4v) is 2.29. The van der Waals surface area contributed by atoms with Crippen molar-refractivity contribution in [2.24, 2.45) is 0 Å². The Bertz CT molecular complexity index is 605. The zero-order valence-electron chi connectivity index (χ0n) is 10.5. The number of amides is 1. The fourth-order valence-electron chi connectivity index (χ4n) is 1.67. The summed E-state index contributed by atoms with van der Waals surface area (Å²) in [6.45, 7) is 0. The average molecular weight is 287 g/mol. The number of nitrogens with one attached hydrogen (secondary N) is 1. The first kappa shape index (κ1) is 14.0. The lowest BCUT2D eigenvalue weighted by Crippen LogP contribution is -2.32. The molecule has 20 heavy (non-hydrogen) atoms. The molecule has 0 aliphatic carbocycles. The highest BCUT2D eigenvalue weighted by atomic mass is 32.1. The van der Waals surface area contributed by atoms with Gasteiger partial charge in [0.25, 0.3) is 0 Å². The lowest BCUT2D eigenvalue weighted by Gasteiger charge is -2.13. The third kappa shape index (κ3) is 3.80. The van der Waals surface area contributed by atoms with Crippen molar-refractivity contribution < 1.29 is 14.7 Å². The Balaban J connectivity index is 2.05. The number of benzene rings is 1. The number of rotatable bonds is 5. The first-order valence-electron chi connectivity index (χ1n) is 5.96. The Morgan fingerprint density at radius 2 is 1.90 bits per heavy atom. The molecule has 0 aliphatic rings. The number of thiophene rings is 1. The van der Waals surface area contributed by atoms with E-state index in [1.54, 1.807) is 36.4 Å². The molecule has 1 unspecified atom stereocenters. The van der Waals surface area contributed by atoms with E-state index in [0.717, 1.165) is 4.88 Å². The van der Waals surface area contributed by atoms with Crippen molar-refractivity contribution in [3.63, 3.8) is 0 Å².